The normalized spacial score (nSPS) is 9.75. The molecule has 1 aromatic heterocycles. The van der Waals surface area contributed by atoms with Crippen molar-refractivity contribution in [3.05, 3.63) is 24.4 Å². The zero-order valence-electron chi connectivity index (χ0n) is 6.86. The zero-order valence-corrected chi connectivity index (χ0v) is 7.67. The molecule has 4 heteroatoms. The lowest BCUT2D eigenvalue weighted by atomic mass is 10.5. The van der Waals surface area contributed by atoms with Gasteiger partial charge >= 0.3 is 6.03 Å². The lowest BCUT2D eigenvalue weighted by Crippen LogP contribution is -2.48. The molecule has 0 saturated carbocycles. The van der Waals surface area contributed by atoms with E-state index in [0.717, 1.165) is 10.8 Å². The fourth-order valence-electron chi connectivity index (χ4n) is 0.875. The quantitative estimate of drug-likeness (QED) is 0.549. The first-order valence-corrected chi connectivity index (χ1v) is 4.67. The van der Waals surface area contributed by atoms with Gasteiger partial charge in [0.1, 0.15) is 6.20 Å². The van der Waals surface area contributed by atoms with E-state index in [4.69, 9.17) is 5.73 Å². The van der Waals surface area contributed by atoms with Crippen LogP contribution in [0.5, 0.6) is 0 Å². The Morgan fingerprint density at radius 3 is 3.00 bits per heavy atom. The molecule has 0 aromatic carbocycles. The van der Waals surface area contributed by atoms with E-state index in [1.54, 1.807) is 24.0 Å². The average molecular weight is 183 g/mol. The van der Waals surface area contributed by atoms with Crippen molar-refractivity contribution in [2.75, 3.05) is 5.75 Å². The van der Waals surface area contributed by atoms with E-state index in [1.165, 1.54) is 4.57 Å². The Balaban J connectivity index is 3.00. The fraction of sp³-hybridized carbons (Fsp3) is 0.250. The maximum atomic E-state index is 10.9. The molecule has 0 aliphatic carbocycles. The lowest BCUT2D eigenvalue weighted by molar-refractivity contribution is -0.610. The zero-order chi connectivity index (χ0) is 8.97. The third-order valence-corrected chi connectivity index (χ3v) is 2.27. The first kappa shape index (κ1) is 9.06. The van der Waals surface area contributed by atoms with E-state index in [9.17, 15) is 4.79 Å². The molecule has 1 aromatic rings. The molecule has 0 spiro atoms. The van der Waals surface area contributed by atoms with Gasteiger partial charge in [0.05, 0.1) is 0 Å². The van der Waals surface area contributed by atoms with Crippen molar-refractivity contribution in [2.24, 2.45) is 5.73 Å². The molecule has 0 bridgehead atoms. The molecule has 0 aliphatic rings. The predicted octanol–water partition coefficient (Wildman–Crippen LogP) is 1.01. The largest absolute Gasteiger partial charge is 0.494 e. The van der Waals surface area contributed by atoms with Crippen molar-refractivity contribution in [3.63, 3.8) is 0 Å². The SMILES string of the molecule is CCSc1cccc[n+]1C(N)=O. The van der Waals surface area contributed by atoms with E-state index >= 15 is 0 Å². The topological polar surface area (TPSA) is 47.0 Å². The van der Waals surface area contributed by atoms with Crippen molar-refractivity contribution in [3.8, 4) is 0 Å². The third kappa shape index (κ3) is 1.98. The summed E-state index contributed by atoms with van der Waals surface area (Å²) in [7, 11) is 0. The summed E-state index contributed by atoms with van der Waals surface area (Å²) in [5.74, 6) is 0.928. The van der Waals surface area contributed by atoms with E-state index in [-0.39, 0.29) is 0 Å². The molecule has 1 amide bonds. The highest BCUT2D eigenvalue weighted by Crippen LogP contribution is 2.10. The molecule has 12 heavy (non-hydrogen) atoms. The van der Waals surface area contributed by atoms with Gasteiger partial charge < -0.3 is 0 Å². The van der Waals surface area contributed by atoms with E-state index < -0.39 is 6.03 Å². The van der Waals surface area contributed by atoms with Crippen molar-refractivity contribution >= 4 is 17.8 Å². The first-order chi connectivity index (χ1) is 5.75. The van der Waals surface area contributed by atoms with Crippen LogP contribution in [-0.4, -0.2) is 11.8 Å². The Kier molecular flexibility index (Phi) is 3.10. The minimum absolute atomic E-state index is 0.438. The summed E-state index contributed by atoms with van der Waals surface area (Å²) in [5, 5.41) is 0.882. The van der Waals surface area contributed by atoms with Gasteiger partial charge in [0, 0.05) is 0 Å². The van der Waals surface area contributed by atoms with Gasteiger partial charge in [-0.3, -0.25) is 5.73 Å². The molecular weight excluding hydrogens is 172 g/mol. The number of nitrogens with two attached hydrogens (primary N) is 1. The molecule has 2 N–H and O–H groups in total. The standard InChI is InChI=1S/C8H10N2OS/c1-2-12-7-5-3-4-6-10(7)8(9)11/h3-6H,2H2,1H3,(H-,9,11)/p+1. The number of hydrogen-bond donors (Lipinski definition) is 1. The maximum absolute atomic E-state index is 10.9. The van der Waals surface area contributed by atoms with Crippen LogP contribution in [0.2, 0.25) is 0 Å². The third-order valence-electron chi connectivity index (χ3n) is 1.35. The molecule has 0 atom stereocenters. The smallest absolute Gasteiger partial charge is 0.250 e. The van der Waals surface area contributed by atoms with E-state index in [1.807, 2.05) is 19.1 Å². The van der Waals surface area contributed by atoms with Gasteiger partial charge in [0.2, 0.25) is 0 Å². The Labute approximate surface area is 75.6 Å². The van der Waals surface area contributed by atoms with E-state index in [0.29, 0.717) is 0 Å². The highest BCUT2D eigenvalue weighted by Gasteiger charge is 2.10. The number of aromatic nitrogens is 1. The highest BCUT2D eigenvalue weighted by atomic mass is 32.2. The molecule has 3 nitrogen and oxygen atoms in total. The summed E-state index contributed by atoms with van der Waals surface area (Å²) in [6, 6.07) is 5.10. The van der Waals surface area contributed by atoms with Crippen LogP contribution in [0.4, 0.5) is 4.79 Å². The molecule has 1 rings (SSSR count). The molecule has 0 unspecified atom stereocenters. The second-order valence-corrected chi connectivity index (χ2v) is 3.46. The summed E-state index contributed by atoms with van der Waals surface area (Å²) in [6.45, 7) is 2.03. The van der Waals surface area contributed by atoms with Gasteiger partial charge in [-0.2, -0.15) is 9.36 Å². The summed E-state index contributed by atoms with van der Waals surface area (Å²) < 4.78 is 1.44. The number of rotatable bonds is 2. The predicted molar refractivity (Wildman–Crippen MR) is 48.0 cm³/mol. The molecule has 0 saturated heterocycles. The van der Waals surface area contributed by atoms with Crippen molar-refractivity contribution < 1.29 is 9.36 Å². The summed E-state index contributed by atoms with van der Waals surface area (Å²) in [6.07, 6.45) is 1.67. The molecule has 0 radical (unpaired) electrons. The number of hydrogen-bond acceptors (Lipinski definition) is 2. The van der Waals surface area contributed by atoms with Crippen molar-refractivity contribution in [1.29, 1.82) is 0 Å². The number of thioether (sulfide) groups is 1. The van der Waals surface area contributed by atoms with Crippen LogP contribution in [0.3, 0.4) is 0 Å². The minimum atomic E-state index is -0.438. The summed E-state index contributed by atoms with van der Waals surface area (Å²) >= 11 is 1.59. The first-order valence-electron chi connectivity index (χ1n) is 3.69. The second-order valence-electron chi connectivity index (χ2n) is 2.18. The summed E-state index contributed by atoms with van der Waals surface area (Å²) in [4.78, 5) is 10.9. The highest BCUT2D eigenvalue weighted by molar-refractivity contribution is 7.99. The van der Waals surface area contributed by atoms with Crippen molar-refractivity contribution in [2.45, 2.75) is 11.9 Å². The van der Waals surface area contributed by atoms with Gasteiger partial charge in [-0.05, 0) is 17.9 Å². The van der Waals surface area contributed by atoms with E-state index in [2.05, 4.69) is 0 Å². The Bertz CT molecular complexity index is 288. The number of primary amides is 1. The summed E-state index contributed by atoms with van der Waals surface area (Å²) in [5.41, 5.74) is 5.16. The molecule has 0 aliphatic heterocycles. The average Bonchev–Trinajstić information content (AvgIpc) is 2.05. The number of carbonyl (C=O) groups is 1. The van der Waals surface area contributed by atoms with Gasteiger partial charge in [0.25, 0.3) is 0 Å². The Hall–Kier alpha value is -1.03. The molecule has 64 valence electrons. The van der Waals surface area contributed by atoms with Crippen LogP contribution in [0, 0.1) is 0 Å². The van der Waals surface area contributed by atoms with Crippen LogP contribution in [0.15, 0.2) is 29.4 Å². The number of carbonyl (C=O) groups excluding carboxylic acids is 1. The van der Waals surface area contributed by atoms with Crippen LogP contribution < -0.4 is 10.3 Å². The number of nitrogens with zero attached hydrogens (tertiary/aromatic N) is 1. The monoisotopic (exact) mass is 183 g/mol. The van der Waals surface area contributed by atoms with Crippen molar-refractivity contribution in [1.82, 2.24) is 0 Å². The maximum Gasteiger partial charge on any atom is 0.494 e. The van der Waals surface area contributed by atoms with Gasteiger partial charge in [-0.25, -0.2) is 0 Å². The van der Waals surface area contributed by atoms with Gasteiger partial charge in [-0.1, -0.05) is 24.8 Å². The lowest BCUT2D eigenvalue weighted by Gasteiger charge is -1.99. The molecular formula is C8H11N2OS+. The second kappa shape index (κ2) is 4.11. The number of pyridine rings is 1. The minimum Gasteiger partial charge on any atom is -0.250 e. The van der Waals surface area contributed by atoms with Gasteiger partial charge in [0.15, 0.2) is 5.03 Å². The van der Waals surface area contributed by atoms with Crippen LogP contribution >= 0.6 is 11.8 Å². The fourth-order valence-corrected chi connectivity index (χ4v) is 1.64. The molecule has 0 fully saturated rings. The van der Waals surface area contributed by atoms with Crippen LogP contribution in [0.1, 0.15) is 6.92 Å². The Morgan fingerprint density at radius 1 is 1.67 bits per heavy atom. The van der Waals surface area contributed by atoms with Crippen LogP contribution in [0.25, 0.3) is 0 Å². The number of amides is 1. The van der Waals surface area contributed by atoms with Gasteiger partial charge in [-0.15, -0.1) is 0 Å². The van der Waals surface area contributed by atoms with Crippen LogP contribution in [-0.2, 0) is 0 Å². The molecule has 1 heterocycles. The Morgan fingerprint density at radius 2 is 2.42 bits per heavy atom.